The van der Waals surface area contributed by atoms with Gasteiger partial charge in [-0.05, 0) is 12.8 Å². The van der Waals surface area contributed by atoms with E-state index in [4.69, 9.17) is 5.90 Å². The van der Waals surface area contributed by atoms with Gasteiger partial charge in [0.05, 0.1) is 0 Å². The zero-order valence-electron chi connectivity index (χ0n) is 7.09. The molecule has 0 radical (unpaired) electrons. The molecule has 0 aliphatic carbocycles. The van der Waals surface area contributed by atoms with Crippen molar-refractivity contribution in [3.05, 3.63) is 11.6 Å². The third-order valence-electron chi connectivity index (χ3n) is 1.34. The van der Waals surface area contributed by atoms with E-state index in [0.29, 0.717) is 5.57 Å². The molecule has 0 aromatic carbocycles. The molecule has 0 saturated carbocycles. The van der Waals surface area contributed by atoms with Crippen LogP contribution in [0.25, 0.3) is 0 Å². The number of hydrogen-bond acceptors (Lipinski definition) is 3. The van der Waals surface area contributed by atoms with Gasteiger partial charge < -0.3 is 4.84 Å². The lowest BCUT2D eigenvalue weighted by Gasteiger charge is -2.00. The van der Waals surface area contributed by atoms with Crippen LogP contribution in [0, 0.1) is 0 Å². The third kappa shape index (κ3) is 3.78. The molecule has 0 atom stereocenters. The lowest BCUT2D eigenvalue weighted by Crippen LogP contribution is -2.12. The minimum Gasteiger partial charge on any atom is -0.370 e. The number of hydrogen-bond donors (Lipinski definition) is 1. The minimum atomic E-state index is -0.409. The predicted molar refractivity (Wildman–Crippen MR) is 43.6 cm³/mol. The van der Waals surface area contributed by atoms with Gasteiger partial charge in [0.1, 0.15) is 0 Å². The van der Waals surface area contributed by atoms with Crippen LogP contribution in [0.5, 0.6) is 0 Å². The molecule has 0 aromatic rings. The summed E-state index contributed by atoms with van der Waals surface area (Å²) in [6.07, 6.45) is 4.36. The van der Waals surface area contributed by atoms with Gasteiger partial charge in [-0.3, -0.25) is 0 Å². The first-order valence-electron chi connectivity index (χ1n) is 3.86. The third-order valence-corrected chi connectivity index (χ3v) is 1.34. The Morgan fingerprint density at radius 1 is 1.55 bits per heavy atom. The van der Waals surface area contributed by atoms with Gasteiger partial charge in [-0.1, -0.05) is 26.3 Å². The highest BCUT2D eigenvalue weighted by molar-refractivity contribution is 5.88. The van der Waals surface area contributed by atoms with E-state index in [0.717, 1.165) is 19.3 Å². The molecule has 11 heavy (non-hydrogen) atoms. The number of nitrogens with two attached hydrogens (primary N) is 1. The predicted octanol–water partition coefficient (Wildman–Crippen LogP) is 1.54. The standard InChI is InChI=1S/C8H15NO2/c1-3-5-7(6-4-2)8(10)11-9/h5H,3-4,6,9H2,1-2H3. The molecule has 3 nitrogen and oxygen atoms in total. The molecular formula is C8H15NO2. The van der Waals surface area contributed by atoms with E-state index in [1.54, 1.807) is 0 Å². The van der Waals surface area contributed by atoms with E-state index < -0.39 is 5.97 Å². The van der Waals surface area contributed by atoms with E-state index in [1.165, 1.54) is 0 Å². The highest BCUT2D eigenvalue weighted by Crippen LogP contribution is 2.06. The first-order valence-corrected chi connectivity index (χ1v) is 3.86. The molecule has 0 unspecified atom stereocenters. The van der Waals surface area contributed by atoms with Crippen molar-refractivity contribution in [2.75, 3.05) is 0 Å². The van der Waals surface area contributed by atoms with Crippen LogP contribution in [0.3, 0.4) is 0 Å². The van der Waals surface area contributed by atoms with E-state index >= 15 is 0 Å². The molecule has 0 rings (SSSR count). The molecule has 0 aliphatic rings. The smallest absolute Gasteiger partial charge is 0.352 e. The lowest BCUT2D eigenvalue weighted by atomic mass is 10.1. The molecule has 64 valence electrons. The Labute approximate surface area is 67.2 Å². The Bertz CT molecular complexity index is 152. The first kappa shape index (κ1) is 10.2. The molecule has 0 bridgehead atoms. The van der Waals surface area contributed by atoms with Crippen molar-refractivity contribution < 1.29 is 9.63 Å². The second kappa shape index (κ2) is 5.92. The number of carbonyl (C=O) groups excluding carboxylic acids is 1. The molecule has 2 N–H and O–H groups in total. The van der Waals surface area contributed by atoms with Crippen LogP contribution in [0.1, 0.15) is 33.1 Å². The summed E-state index contributed by atoms with van der Waals surface area (Å²) >= 11 is 0. The average molecular weight is 157 g/mol. The van der Waals surface area contributed by atoms with Crippen LogP contribution in [0.4, 0.5) is 0 Å². The lowest BCUT2D eigenvalue weighted by molar-refractivity contribution is -0.139. The maximum absolute atomic E-state index is 10.9. The fourth-order valence-electron chi connectivity index (χ4n) is 0.879. The van der Waals surface area contributed by atoms with Gasteiger partial charge in [-0.15, -0.1) is 0 Å². The van der Waals surface area contributed by atoms with Crippen molar-refractivity contribution >= 4 is 5.97 Å². The van der Waals surface area contributed by atoms with Crippen molar-refractivity contribution in [1.82, 2.24) is 0 Å². The van der Waals surface area contributed by atoms with E-state index in [-0.39, 0.29) is 0 Å². The van der Waals surface area contributed by atoms with Crippen LogP contribution >= 0.6 is 0 Å². The molecule has 0 saturated heterocycles. The van der Waals surface area contributed by atoms with Gasteiger partial charge in [0, 0.05) is 5.57 Å². The monoisotopic (exact) mass is 157 g/mol. The van der Waals surface area contributed by atoms with Crippen LogP contribution < -0.4 is 5.90 Å². The molecule has 3 heteroatoms. The quantitative estimate of drug-likeness (QED) is 0.497. The van der Waals surface area contributed by atoms with E-state index in [2.05, 4.69) is 4.84 Å². The number of rotatable bonds is 4. The number of allylic oxidation sites excluding steroid dienone is 1. The summed E-state index contributed by atoms with van der Waals surface area (Å²) in [5.74, 6) is 4.33. The summed E-state index contributed by atoms with van der Waals surface area (Å²) in [5, 5.41) is 0. The maximum Gasteiger partial charge on any atom is 0.352 e. The SMILES string of the molecule is CCC=C(CCC)C(=O)ON. The second-order valence-electron chi connectivity index (χ2n) is 2.29. The topological polar surface area (TPSA) is 52.3 Å². The summed E-state index contributed by atoms with van der Waals surface area (Å²) in [5.41, 5.74) is 0.678. The van der Waals surface area contributed by atoms with E-state index in [1.807, 2.05) is 19.9 Å². The molecule has 0 aliphatic heterocycles. The van der Waals surface area contributed by atoms with Crippen molar-refractivity contribution in [2.45, 2.75) is 33.1 Å². The van der Waals surface area contributed by atoms with Gasteiger partial charge in [-0.25, -0.2) is 4.79 Å². The molecule has 0 aromatic heterocycles. The molecule has 0 spiro atoms. The van der Waals surface area contributed by atoms with Crippen molar-refractivity contribution in [1.29, 1.82) is 0 Å². The second-order valence-corrected chi connectivity index (χ2v) is 2.29. The van der Waals surface area contributed by atoms with Crippen LogP contribution in [-0.2, 0) is 9.63 Å². The highest BCUT2D eigenvalue weighted by atomic mass is 16.7. The normalized spacial score (nSPS) is 11.4. The molecule has 0 heterocycles. The summed E-state index contributed by atoms with van der Waals surface area (Å²) < 4.78 is 0. The Kier molecular flexibility index (Phi) is 5.47. The van der Waals surface area contributed by atoms with Gasteiger partial charge >= 0.3 is 5.97 Å². The molecular weight excluding hydrogens is 142 g/mol. The molecule has 0 fully saturated rings. The Morgan fingerprint density at radius 3 is 2.55 bits per heavy atom. The minimum absolute atomic E-state index is 0.409. The van der Waals surface area contributed by atoms with Crippen molar-refractivity contribution in [2.24, 2.45) is 5.90 Å². The Morgan fingerprint density at radius 2 is 2.18 bits per heavy atom. The zero-order chi connectivity index (χ0) is 8.69. The van der Waals surface area contributed by atoms with E-state index in [9.17, 15) is 4.79 Å². The zero-order valence-corrected chi connectivity index (χ0v) is 7.09. The number of carbonyl (C=O) groups is 1. The molecule has 0 amide bonds. The summed E-state index contributed by atoms with van der Waals surface area (Å²) in [7, 11) is 0. The highest BCUT2D eigenvalue weighted by Gasteiger charge is 2.06. The van der Waals surface area contributed by atoms with Crippen molar-refractivity contribution in [3.8, 4) is 0 Å². The van der Waals surface area contributed by atoms with Gasteiger partial charge in [0.25, 0.3) is 0 Å². The largest absolute Gasteiger partial charge is 0.370 e. The van der Waals surface area contributed by atoms with Crippen LogP contribution in [0.2, 0.25) is 0 Å². The fraction of sp³-hybridized carbons (Fsp3) is 0.625. The van der Waals surface area contributed by atoms with Gasteiger partial charge in [0.2, 0.25) is 0 Å². The van der Waals surface area contributed by atoms with Crippen LogP contribution in [0.15, 0.2) is 11.6 Å². The average Bonchev–Trinajstić information content (AvgIpc) is 2.03. The Balaban J connectivity index is 4.09. The summed E-state index contributed by atoms with van der Waals surface area (Å²) in [4.78, 5) is 15.0. The van der Waals surface area contributed by atoms with Crippen molar-refractivity contribution in [3.63, 3.8) is 0 Å². The fourth-order valence-corrected chi connectivity index (χ4v) is 0.879. The maximum atomic E-state index is 10.9. The summed E-state index contributed by atoms with van der Waals surface area (Å²) in [6, 6.07) is 0. The summed E-state index contributed by atoms with van der Waals surface area (Å²) in [6.45, 7) is 3.98. The van der Waals surface area contributed by atoms with Crippen LogP contribution in [-0.4, -0.2) is 5.97 Å². The first-order chi connectivity index (χ1) is 5.26. The Hall–Kier alpha value is -0.830. The van der Waals surface area contributed by atoms with Gasteiger partial charge in [-0.2, -0.15) is 5.90 Å². The van der Waals surface area contributed by atoms with Gasteiger partial charge in [0.15, 0.2) is 0 Å².